The van der Waals surface area contributed by atoms with E-state index < -0.39 is 16.8 Å². The number of nitrogens with one attached hydrogen (secondary N) is 1. The molecule has 1 aromatic rings. The SMILES string of the molecule is CCC(CNC(=O)c1ccc(Cl)cc1[N+](=O)[O-])CC(=O)O. The zero-order valence-corrected chi connectivity index (χ0v) is 12.1. The molecule has 1 aromatic carbocycles. The molecule has 0 saturated carbocycles. The van der Waals surface area contributed by atoms with Gasteiger partial charge in [0.1, 0.15) is 5.56 Å². The molecule has 0 aliphatic heterocycles. The van der Waals surface area contributed by atoms with E-state index in [1.165, 1.54) is 12.1 Å². The van der Waals surface area contributed by atoms with Gasteiger partial charge in [0.2, 0.25) is 0 Å². The summed E-state index contributed by atoms with van der Waals surface area (Å²) in [5.74, 6) is -1.80. The lowest BCUT2D eigenvalue weighted by molar-refractivity contribution is -0.385. The lowest BCUT2D eigenvalue weighted by Crippen LogP contribution is -2.30. The van der Waals surface area contributed by atoms with E-state index in [4.69, 9.17) is 16.7 Å². The molecule has 0 bridgehead atoms. The van der Waals surface area contributed by atoms with Gasteiger partial charge in [-0.15, -0.1) is 0 Å². The number of nitrogens with zero attached hydrogens (tertiary/aromatic N) is 1. The average molecular weight is 315 g/mol. The number of nitro benzene ring substituents is 1. The van der Waals surface area contributed by atoms with Gasteiger partial charge in [-0.05, 0) is 18.1 Å². The molecule has 1 rings (SSSR count). The number of amides is 1. The Bertz CT molecular complexity index is 561. The maximum atomic E-state index is 12.0. The molecule has 0 saturated heterocycles. The number of rotatable bonds is 7. The van der Waals surface area contributed by atoms with Crippen molar-refractivity contribution in [2.75, 3.05) is 6.54 Å². The van der Waals surface area contributed by atoms with Gasteiger partial charge in [-0.3, -0.25) is 19.7 Å². The van der Waals surface area contributed by atoms with Crippen molar-refractivity contribution in [3.05, 3.63) is 38.9 Å². The Kier molecular flexibility index (Phi) is 6.10. The molecular formula is C13H15ClN2O5. The number of carbonyl (C=O) groups excluding carboxylic acids is 1. The molecule has 1 atom stereocenters. The number of nitro groups is 1. The van der Waals surface area contributed by atoms with Crippen LogP contribution < -0.4 is 5.32 Å². The molecular weight excluding hydrogens is 300 g/mol. The minimum absolute atomic E-state index is 0.0699. The van der Waals surface area contributed by atoms with Crippen LogP contribution >= 0.6 is 11.6 Å². The molecule has 0 aliphatic rings. The summed E-state index contributed by atoms with van der Waals surface area (Å²) in [5, 5.41) is 22.3. The van der Waals surface area contributed by atoms with Crippen LogP contribution in [0.25, 0.3) is 0 Å². The van der Waals surface area contributed by atoms with Crippen LogP contribution in [0.3, 0.4) is 0 Å². The summed E-state index contributed by atoms with van der Waals surface area (Å²) < 4.78 is 0. The number of carboxylic acids is 1. The lowest BCUT2D eigenvalue weighted by Gasteiger charge is -2.13. The van der Waals surface area contributed by atoms with E-state index in [1.807, 2.05) is 6.92 Å². The second-order valence-corrected chi connectivity index (χ2v) is 4.94. The Labute approximate surface area is 126 Å². The summed E-state index contributed by atoms with van der Waals surface area (Å²) in [4.78, 5) is 32.9. The van der Waals surface area contributed by atoms with Crippen molar-refractivity contribution in [1.29, 1.82) is 0 Å². The van der Waals surface area contributed by atoms with E-state index in [1.54, 1.807) is 0 Å². The lowest BCUT2D eigenvalue weighted by atomic mass is 10.0. The molecule has 0 aromatic heterocycles. The van der Waals surface area contributed by atoms with Gasteiger partial charge < -0.3 is 10.4 Å². The molecule has 0 aliphatic carbocycles. The Morgan fingerprint density at radius 3 is 2.67 bits per heavy atom. The predicted octanol–water partition coefficient (Wildman–Crippen LogP) is 2.48. The third-order valence-corrected chi connectivity index (χ3v) is 3.23. The first-order valence-corrected chi connectivity index (χ1v) is 6.66. The summed E-state index contributed by atoms with van der Waals surface area (Å²) in [6.45, 7) is 1.95. The second-order valence-electron chi connectivity index (χ2n) is 4.50. The third kappa shape index (κ3) is 5.03. The van der Waals surface area contributed by atoms with Gasteiger partial charge in [0.15, 0.2) is 0 Å². The van der Waals surface area contributed by atoms with Crippen LogP contribution in [0.2, 0.25) is 5.02 Å². The number of carboxylic acid groups (broad SMARTS) is 1. The Morgan fingerprint density at radius 1 is 1.48 bits per heavy atom. The maximum absolute atomic E-state index is 12.0. The second kappa shape index (κ2) is 7.58. The highest BCUT2D eigenvalue weighted by Gasteiger charge is 2.21. The molecule has 0 heterocycles. The molecule has 1 amide bonds. The van der Waals surface area contributed by atoms with Crippen molar-refractivity contribution < 1.29 is 19.6 Å². The van der Waals surface area contributed by atoms with Gasteiger partial charge in [0.05, 0.1) is 4.92 Å². The van der Waals surface area contributed by atoms with Crippen molar-refractivity contribution in [1.82, 2.24) is 5.32 Å². The first kappa shape index (κ1) is 16.9. The van der Waals surface area contributed by atoms with Gasteiger partial charge in [0, 0.05) is 24.1 Å². The Hall–Kier alpha value is -2.15. The van der Waals surface area contributed by atoms with Crippen LogP contribution in [0.5, 0.6) is 0 Å². The summed E-state index contributed by atoms with van der Waals surface area (Å²) in [6, 6.07) is 3.76. The van der Waals surface area contributed by atoms with Crippen LogP contribution in [-0.4, -0.2) is 28.5 Å². The molecule has 0 fully saturated rings. The number of hydrogen-bond acceptors (Lipinski definition) is 4. The quantitative estimate of drug-likeness (QED) is 0.593. The van der Waals surface area contributed by atoms with Crippen LogP contribution in [0.1, 0.15) is 30.1 Å². The number of benzene rings is 1. The van der Waals surface area contributed by atoms with Crippen molar-refractivity contribution in [3.63, 3.8) is 0 Å². The van der Waals surface area contributed by atoms with E-state index in [9.17, 15) is 19.7 Å². The number of halogens is 1. The average Bonchev–Trinajstić information content (AvgIpc) is 2.42. The topological polar surface area (TPSA) is 110 Å². The highest BCUT2D eigenvalue weighted by atomic mass is 35.5. The Morgan fingerprint density at radius 2 is 2.14 bits per heavy atom. The van der Waals surface area contributed by atoms with E-state index in [-0.39, 0.29) is 35.2 Å². The van der Waals surface area contributed by atoms with E-state index in [0.717, 1.165) is 6.07 Å². The van der Waals surface area contributed by atoms with Crippen molar-refractivity contribution in [3.8, 4) is 0 Å². The summed E-state index contributed by atoms with van der Waals surface area (Å²) >= 11 is 5.67. The zero-order chi connectivity index (χ0) is 16.0. The highest BCUT2D eigenvalue weighted by Crippen LogP contribution is 2.23. The van der Waals surface area contributed by atoms with Crippen LogP contribution in [0.4, 0.5) is 5.69 Å². The smallest absolute Gasteiger partial charge is 0.303 e. The number of hydrogen-bond donors (Lipinski definition) is 2. The molecule has 21 heavy (non-hydrogen) atoms. The zero-order valence-electron chi connectivity index (χ0n) is 11.3. The van der Waals surface area contributed by atoms with Gasteiger partial charge in [-0.2, -0.15) is 0 Å². The van der Waals surface area contributed by atoms with E-state index in [2.05, 4.69) is 5.32 Å². The first-order chi connectivity index (χ1) is 9.85. The fourth-order valence-corrected chi connectivity index (χ4v) is 1.95. The predicted molar refractivity (Wildman–Crippen MR) is 76.5 cm³/mol. The number of carbonyl (C=O) groups is 2. The number of aliphatic carboxylic acids is 1. The molecule has 1 unspecified atom stereocenters. The maximum Gasteiger partial charge on any atom is 0.303 e. The van der Waals surface area contributed by atoms with Gasteiger partial charge >= 0.3 is 5.97 Å². The standard InChI is InChI=1S/C13H15ClN2O5/c1-2-8(5-12(17)18)7-15-13(19)10-4-3-9(14)6-11(10)16(20)21/h3-4,6,8H,2,5,7H2,1H3,(H,15,19)(H,17,18). The molecule has 0 spiro atoms. The summed E-state index contributed by atoms with van der Waals surface area (Å²) in [5.41, 5.74) is -0.485. The fraction of sp³-hybridized carbons (Fsp3) is 0.385. The third-order valence-electron chi connectivity index (χ3n) is 2.99. The monoisotopic (exact) mass is 314 g/mol. The van der Waals surface area contributed by atoms with Crippen LogP contribution in [0, 0.1) is 16.0 Å². The molecule has 7 nitrogen and oxygen atoms in total. The first-order valence-electron chi connectivity index (χ1n) is 6.29. The van der Waals surface area contributed by atoms with Crippen molar-refractivity contribution in [2.45, 2.75) is 19.8 Å². The van der Waals surface area contributed by atoms with Gasteiger partial charge in [0.25, 0.3) is 11.6 Å². The van der Waals surface area contributed by atoms with Crippen molar-refractivity contribution in [2.24, 2.45) is 5.92 Å². The molecule has 2 N–H and O–H groups in total. The van der Waals surface area contributed by atoms with Crippen LogP contribution in [-0.2, 0) is 4.79 Å². The fourth-order valence-electron chi connectivity index (χ4n) is 1.79. The highest BCUT2D eigenvalue weighted by molar-refractivity contribution is 6.31. The van der Waals surface area contributed by atoms with Gasteiger partial charge in [-0.1, -0.05) is 24.9 Å². The minimum atomic E-state index is -0.950. The van der Waals surface area contributed by atoms with E-state index in [0.29, 0.717) is 6.42 Å². The van der Waals surface area contributed by atoms with Crippen molar-refractivity contribution >= 4 is 29.2 Å². The van der Waals surface area contributed by atoms with Gasteiger partial charge in [-0.25, -0.2) is 0 Å². The van der Waals surface area contributed by atoms with E-state index >= 15 is 0 Å². The summed E-state index contributed by atoms with van der Waals surface area (Å²) in [7, 11) is 0. The molecule has 114 valence electrons. The van der Waals surface area contributed by atoms with Crippen LogP contribution in [0.15, 0.2) is 18.2 Å². The minimum Gasteiger partial charge on any atom is -0.481 e. The largest absolute Gasteiger partial charge is 0.481 e. The Balaban J connectivity index is 2.80. The summed E-state index contributed by atoms with van der Waals surface area (Å²) in [6.07, 6.45) is 0.509. The molecule has 8 heteroatoms. The molecule has 0 radical (unpaired) electrons. The normalized spacial score (nSPS) is 11.7.